The summed E-state index contributed by atoms with van der Waals surface area (Å²) < 4.78 is 1.90. The minimum absolute atomic E-state index is 0.0573. The molecule has 0 unspecified atom stereocenters. The van der Waals surface area contributed by atoms with Gasteiger partial charge in [-0.25, -0.2) is 4.79 Å². The lowest BCUT2D eigenvalue weighted by molar-refractivity contribution is 0.196. The first kappa shape index (κ1) is 18.0. The van der Waals surface area contributed by atoms with E-state index in [9.17, 15) is 9.59 Å². The number of fused-ring (bicyclic) bond motifs is 1. The standard InChI is InChI=1S/C19H30N4O2/c1-21(2)13-14-23-17-10-12-22(11-9-15(17)7-8-18(23)24)19(25)20-16-5-3-4-6-16/h7-8,16H,3-6,9-14H2,1-2H3,(H,20,25). The second-order valence-corrected chi connectivity index (χ2v) is 7.52. The normalized spacial score (nSPS) is 18.3. The molecule has 1 fully saturated rings. The summed E-state index contributed by atoms with van der Waals surface area (Å²) in [4.78, 5) is 28.9. The number of hydrogen-bond acceptors (Lipinski definition) is 3. The first-order valence-electron chi connectivity index (χ1n) is 9.46. The van der Waals surface area contributed by atoms with Gasteiger partial charge >= 0.3 is 6.03 Å². The van der Waals surface area contributed by atoms with Crippen molar-refractivity contribution in [3.8, 4) is 0 Å². The second-order valence-electron chi connectivity index (χ2n) is 7.52. The molecular weight excluding hydrogens is 316 g/mol. The fourth-order valence-electron chi connectivity index (χ4n) is 3.88. The number of nitrogens with one attached hydrogen (secondary N) is 1. The molecule has 0 bridgehead atoms. The molecule has 1 aromatic rings. The third-order valence-electron chi connectivity index (χ3n) is 5.40. The summed E-state index contributed by atoms with van der Waals surface area (Å²) in [5, 5.41) is 3.18. The van der Waals surface area contributed by atoms with Crippen molar-refractivity contribution >= 4 is 6.03 Å². The molecule has 1 aromatic heterocycles. The topological polar surface area (TPSA) is 57.6 Å². The van der Waals surface area contributed by atoms with E-state index in [4.69, 9.17) is 0 Å². The van der Waals surface area contributed by atoms with Crippen LogP contribution in [0.25, 0.3) is 0 Å². The van der Waals surface area contributed by atoms with Crippen molar-refractivity contribution in [3.63, 3.8) is 0 Å². The predicted octanol–water partition coefficient (Wildman–Crippen LogP) is 1.46. The van der Waals surface area contributed by atoms with Crippen molar-refractivity contribution < 1.29 is 4.79 Å². The van der Waals surface area contributed by atoms with Crippen LogP contribution >= 0.6 is 0 Å². The van der Waals surface area contributed by atoms with Crippen molar-refractivity contribution in [1.82, 2.24) is 19.7 Å². The van der Waals surface area contributed by atoms with Crippen molar-refractivity contribution in [2.75, 3.05) is 33.7 Å². The molecule has 0 spiro atoms. The zero-order valence-corrected chi connectivity index (χ0v) is 15.5. The number of amides is 2. The molecule has 0 aromatic carbocycles. The minimum atomic E-state index is 0.0573. The van der Waals surface area contributed by atoms with Gasteiger partial charge in [0.15, 0.2) is 0 Å². The van der Waals surface area contributed by atoms with Gasteiger partial charge in [0.05, 0.1) is 0 Å². The molecule has 2 aliphatic rings. The molecule has 2 heterocycles. The van der Waals surface area contributed by atoms with Crippen LogP contribution in [-0.4, -0.2) is 60.2 Å². The average Bonchev–Trinajstić information content (AvgIpc) is 2.98. The van der Waals surface area contributed by atoms with E-state index in [1.807, 2.05) is 29.6 Å². The number of likely N-dealkylation sites (N-methyl/N-ethyl adjacent to an activating group) is 1. The van der Waals surface area contributed by atoms with Gasteiger partial charge in [-0.3, -0.25) is 4.79 Å². The fourth-order valence-corrected chi connectivity index (χ4v) is 3.88. The van der Waals surface area contributed by atoms with Crippen LogP contribution in [0.15, 0.2) is 16.9 Å². The maximum absolute atomic E-state index is 12.6. The summed E-state index contributed by atoms with van der Waals surface area (Å²) >= 11 is 0. The van der Waals surface area contributed by atoms with Crippen LogP contribution in [0, 0.1) is 0 Å². The van der Waals surface area contributed by atoms with Crippen LogP contribution < -0.4 is 10.9 Å². The van der Waals surface area contributed by atoms with E-state index in [1.165, 1.54) is 18.4 Å². The summed E-state index contributed by atoms with van der Waals surface area (Å²) in [5.74, 6) is 0. The van der Waals surface area contributed by atoms with Gasteiger partial charge in [-0.05, 0) is 38.9 Å². The summed E-state index contributed by atoms with van der Waals surface area (Å²) in [6.45, 7) is 2.93. The third-order valence-corrected chi connectivity index (χ3v) is 5.40. The maximum Gasteiger partial charge on any atom is 0.317 e. The molecule has 138 valence electrons. The molecule has 6 heteroatoms. The molecule has 1 aliphatic carbocycles. The van der Waals surface area contributed by atoms with Gasteiger partial charge in [0.2, 0.25) is 0 Å². The number of urea groups is 1. The van der Waals surface area contributed by atoms with E-state index in [1.54, 1.807) is 6.07 Å². The van der Waals surface area contributed by atoms with E-state index < -0.39 is 0 Å². The highest BCUT2D eigenvalue weighted by Crippen LogP contribution is 2.19. The van der Waals surface area contributed by atoms with E-state index >= 15 is 0 Å². The molecule has 0 atom stereocenters. The lowest BCUT2D eigenvalue weighted by Crippen LogP contribution is -2.45. The lowest BCUT2D eigenvalue weighted by Gasteiger charge is -2.23. The third kappa shape index (κ3) is 4.42. The number of nitrogens with zero attached hydrogens (tertiary/aromatic N) is 3. The minimum Gasteiger partial charge on any atom is -0.335 e. The van der Waals surface area contributed by atoms with Gasteiger partial charge in [0.1, 0.15) is 0 Å². The Hall–Kier alpha value is -1.82. The first-order chi connectivity index (χ1) is 12.0. The molecular formula is C19H30N4O2. The Balaban J connectivity index is 1.69. The fraction of sp³-hybridized carbons (Fsp3) is 0.684. The highest BCUT2D eigenvalue weighted by atomic mass is 16.2. The van der Waals surface area contributed by atoms with Crippen LogP contribution in [-0.2, 0) is 19.4 Å². The highest BCUT2D eigenvalue weighted by molar-refractivity contribution is 5.74. The SMILES string of the molecule is CN(C)CCn1c2c(ccc1=O)CCN(C(=O)NC1CCCC1)CC2. The highest BCUT2D eigenvalue weighted by Gasteiger charge is 2.24. The van der Waals surface area contributed by atoms with Gasteiger partial charge in [-0.15, -0.1) is 0 Å². The number of hydrogen-bond donors (Lipinski definition) is 1. The lowest BCUT2D eigenvalue weighted by atomic mass is 10.1. The molecule has 1 saturated carbocycles. The van der Waals surface area contributed by atoms with Crippen LogP contribution in [0.5, 0.6) is 0 Å². The molecule has 3 rings (SSSR count). The van der Waals surface area contributed by atoms with Crippen LogP contribution in [0.3, 0.4) is 0 Å². The van der Waals surface area contributed by atoms with Gasteiger partial charge in [0.25, 0.3) is 5.56 Å². The van der Waals surface area contributed by atoms with E-state index in [2.05, 4.69) is 10.2 Å². The van der Waals surface area contributed by atoms with Crippen LogP contribution in [0.4, 0.5) is 4.79 Å². The molecule has 2 amide bonds. The zero-order chi connectivity index (χ0) is 17.8. The Morgan fingerprint density at radius 1 is 1.20 bits per heavy atom. The van der Waals surface area contributed by atoms with Gasteiger partial charge in [-0.2, -0.15) is 0 Å². The van der Waals surface area contributed by atoms with Gasteiger partial charge in [-0.1, -0.05) is 18.9 Å². The van der Waals surface area contributed by atoms with Crippen LogP contribution in [0.2, 0.25) is 0 Å². The molecule has 6 nitrogen and oxygen atoms in total. The van der Waals surface area contributed by atoms with E-state index in [-0.39, 0.29) is 11.6 Å². The Morgan fingerprint density at radius 3 is 2.64 bits per heavy atom. The summed E-state index contributed by atoms with van der Waals surface area (Å²) in [7, 11) is 4.03. The summed E-state index contributed by atoms with van der Waals surface area (Å²) in [5.41, 5.74) is 2.37. The number of carbonyl (C=O) groups excluding carboxylic acids is 1. The second kappa shape index (κ2) is 8.04. The van der Waals surface area contributed by atoms with E-state index in [0.29, 0.717) is 19.1 Å². The van der Waals surface area contributed by atoms with Crippen molar-refractivity contribution in [3.05, 3.63) is 33.7 Å². The molecule has 0 saturated heterocycles. The summed E-state index contributed by atoms with van der Waals surface area (Å²) in [6, 6.07) is 4.02. The number of pyridine rings is 1. The number of rotatable bonds is 4. The largest absolute Gasteiger partial charge is 0.335 e. The Labute approximate surface area is 149 Å². The number of aromatic nitrogens is 1. The van der Waals surface area contributed by atoms with Crippen LogP contribution in [0.1, 0.15) is 36.9 Å². The average molecular weight is 346 g/mol. The van der Waals surface area contributed by atoms with Gasteiger partial charge < -0.3 is 19.7 Å². The zero-order valence-electron chi connectivity index (χ0n) is 15.5. The molecule has 1 aliphatic heterocycles. The molecule has 0 radical (unpaired) electrons. The quantitative estimate of drug-likeness (QED) is 0.898. The molecule has 25 heavy (non-hydrogen) atoms. The maximum atomic E-state index is 12.6. The van der Waals surface area contributed by atoms with Crippen molar-refractivity contribution in [1.29, 1.82) is 0 Å². The first-order valence-corrected chi connectivity index (χ1v) is 9.46. The summed E-state index contributed by atoms with van der Waals surface area (Å²) in [6.07, 6.45) is 6.20. The Bertz CT molecular complexity index is 662. The Kier molecular flexibility index (Phi) is 5.78. The number of carbonyl (C=O) groups is 1. The van der Waals surface area contributed by atoms with Crippen molar-refractivity contribution in [2.24, 2.45) is 0 Å². The molecule has 1 N–H and O–H groups in total. The van der Waals surface area contributed by atoms with E-state index in [0.717, 1.165) is 44.5 Å². The smallest absolute Gasteiger partial charge is 0.317 e. The Morgan fingerprint density at radius 2 is 1.92 bits per heavy atom. The van der Waals surface area contributed by atoms with Gasteiger partial charge in [0, 0.05) is 50.4 Å². The van der Waals surface area contributed by atoms with Crippen molar-refractivity contribution in [2.45, 2.75) is 51.1 Å². The predicted molar refractivity (Wildman–Crippen MR) is 99.0 cm³/mol. The monoisotopic (exact) mass is 346 g/mol.